The SMILES string of the molecule is CCC(C(=O)NCc1cccc(OC)c1)n1cnc2oc(C)c(C)c2c1=O. The summed E-state index contributed by atoms with van der Waals surface area (Å²) in [5.41, 5.74) is 1.71. The summed E-state index contributed by atoms with van der Waals surface area (Å²) in [6.07, 6.45) is 1.85. The molecule has 0 aliphatic carbocycles. The van der Waals surface area contributed by atoms with Gasteiger partial charge in [0, 0.05) is 12.1 Å². The maximum absolute atomic E-state index is 12.9. The second kappa shape index (κ2) is 7.65. The van der Waals surface area contributed by atoms with E-state index in [1.807, 2.05) is 38.1 Å². The van der Waals surface area contributed by atoms with Crippen LogP contribution < -0.4 is 15.6 Å². The highest BCUT2D eigenvalue weighted by Crippen LogP contribution is 2.20. The van der Waals surface area contributed by atoms with Gasteiger partial charge in [-0.25, -0.2) is 4.98 Å². The number of nitrogens with zero attached hydrogens (tertiary/aromatic N) is 2. The third kappa shape index (κ3) is 3.58. The molecule has 1 aromatic carbocycles. The molecule has 7 nitrogen and oxygen atoms in total. The van der Waals surface area contributed by atoms with Gasteiger partial charge in [0.2, 0.25) is 11.6 Å². The van der Waals surface area contributed by atoms with Crippen LogP contribution in [0.2, 0.25) is 0 Å². The van der Waals surface area contributed by atoms with E-state index in [-0.39, 0.29) is 11.5 Å². The van der Waals surface area contributed by atoms with Crippen LogP contribution in [-0.4, -0.2) is 22.6 Å². The van der Waals surface area contributed by atoms with Crippen LogP contribution in [-0.2, 0) is 11.3 Å². The molecule has 0 aliphatic heterocycles. The Balaban J connectivity index is 1.85. The third-order valence-electron chi connectivity index (χ3n) is 4.74. The summed E-state index contributed by atoms with van der Waals surface area (Å²) in [6.45, 7) is 5.82. The summed E-state index contributed by atoms with van der Waals surface area (Å²) in [5.74, 6) is 1.15. The van der Waals surface area contributed by atoms with E-state index in [0.29, 0.717) is 29.8 Å². The lowest BCUT2D eigenvalue weighted by Gasteiger charge is -2.17. The average molecular weight is 369 g/mol. The molecule has 2 heterocycles. The predicted octanol–water partition coefficient (Wildman–Crippen LogP) is 2.88. The highest BCUT2D eigenvalue weighted by Gasteiger charge is 2.22. The number of aryl methyl sites for hydroxylation is 2. The number of hydrogen-bond donors (Lipinski definition) is 1. The van der Waals surface area contributed by atoms with Crippen molar-refractivity contribution in [3.8, 4) is 5.75 Å². The number of carbonyl (C=O) groups is 1. The van der Waals surface area contributed by atoms with Crippen molar-refractivity contribution in [3.63, 3.8) is 0 Å². The van der Waals surface area contributed by atoms with Gasteiger partial charge in [-0.15, -0.1) is 0 Å². The fourth-order valence-corrected chi connectivity index (χ4v) is 3.07. The number of furan rings is 1. The van der Waals surface area contributed by atoms with E-state index in [0.717, 1.165) is 16.9 Å². The minimum atomic E-state index is -0.644. The van der Waals surface area contributed by atoms with Crippen molar-refractivity contribution in [1.82, 2.24) is 14.9 Å². The Labute approximate surface area is 157 Å². The van der Waals surface area contributed by atoms with Crippen molar-refractivity contribution in [1.29, 1.82) is 0 Å². The Morgan fingerprint density at radius 2 is 2.15 bits per heavy atom. The van der Waals surface area contributed by atoms with Gasteiger partial charge in [-0.1, -0.05) is 19.1 Å². The first-order chi connectivity index (χ1) is 13.0. The molecule has 1 atom stereocenters. The van der Waals surface area contributed by atoms with Gasteiger partial charge in [0.1, 0.15) is 29.3 Å². The first-order valence-electron chi connectivity index (χ1n) is 8.83. The van der Waals surface area contributed by atoms with Crippen molar-refractivity contribution in [2.24, 2.45) is 0 Å². The molecule has 0 radical (unpaired) electrons. The molecule has 3 rings (SSSR count). The monoisotopic (exact) mass is 369 g/mol. The van der Waals surface area contributed by atoms with Crippen molar-refractivity contribution in [2.45, 2.75) is 39.8 Å². The van der Waals surface area contributed by atoms with Crippen molar-refractivity contribution in [2.75, 3.05) is 7.11 Å². The zero-order valence-electron chi connectivity index (χ0n) is 15.9. The summed E-state index contributed by atoms with van der Waals surface area (Å²) < 4.78 is 12.1. The van der Waals surface area contributed by atoms with Gasteiger partial charge in [-0.05, 0) is 38.0 Å². The zero-order valence-corrected chi connectivity index (χ0v) is 15.9. The summed E-state index contributed by atoms with van der Waals surface area (Å²) in [7, 11) is 1.60. The Morgan fingerprint density at radius 1 is 1.37 bits per heavy atom. The Kier molecular flexibility index (Phi) is 5.30. The second-order valence-electron chi connectivity index (χ2n) is 6.41. The predicted molar refractivity (Wildman–Crippen MR) is 102 cm³/mol. The van der Waals surface area contributed by atoms with Crippen LogP contribution in [0.25, 0.3) is 11.1 Å². The molecule has 7 heteroatoms. The van der Waals surface area contributed by atoms with Crippen molar-refractivity contribution in [3.05, 3.63) is 57.8 Å². The van der Waals surface area contributed by atoms with E-state index in [1.54, 1.807) is 14.0 Å². The molecule has 1 N–H and O–H groups in total. The molecule has 0 aliphatic rings. The van der Waals surface area contributed by atoms with Crippen LogP contribution in [0.3, 0.4) is 0 Å². The van der Waals surface area contributed by atoms with Gasteiger partial charge >= 0.3 is 0 Å². The van der Waals surface area contributed by atoms with Gasteiger partial charge in [0.15, 0.2) is 0 Å². The van der Waals surface area contributed by atoms with E-state index in [2.05, 4.69) is 10.3 Å². The highest BCUT2D eigenvalue weighted by molar-refractivity contribution is 5.81. The lowest BCUT2D eigenvalue weighted by molar-refractivity contribution is -0.124. The van der Waals surface area contributed by atoms with E-state index in [9.17, 15) is 9.59 Å². The topological polar surface area (TPSA) is 86.4 Å². The molecule has 0 fully saturated rings. The van der Waals surface area contributed by atoms with E-state index < -0.39 is 6.04 Å². The number of benzene rings is 1. The molecule has 0 spiro atoms. The van der Waals surface area contributed by atoms with E-state index in [1.165, 1.54) is 10.9 Å². The molecule has 0 bridgehead atoms. The Bertz CT molecular complexity index is 1040. The normalized spacial score (nSPS) is 12.1. The zero-order chi connectivity index (χ0) is 19.6. The third-order valence-corrected chi connectivity index (χ3v) is 4.74. The first kappa shape index (κ1) is 18.7. The number of carbonyl (C=O) groups excluding carboxylic acids is 1. The first-order valence-corrected chi connectivity index (χ1v) is 8.83. The molecule has 27 heavy (non-hydrogen) atoms. The van der Waals surface area contributed by atoms with Gasteiger partial charge in [0.05, 0.1) is 7.11 Å². The van der Waals surface area contributed by atoms with Crippen LogP contribution >= 0.6 is 0 Å². The van der Waals surface area contributed by atoms with Crippen LogP contribution in [0, 0.1) is 13.8 Å². The minimum absolute atomic E-state index is 0.235. The molecular formula is C20H23N3O4. The molecular weight excluding hydrogens is 346 g/mol. The number of hydrogen-bond acceptors (Lipinski definition) is 5. The minimum Gasteiger partial charge on any atom is -0.497 e. The Morgan fingerprint density at radius 3 is 2.85 bits per heavy atom. The van der Waals surface area contributed by atoms with Crippen LogP contribution in [0.4, 0.5) is 0 Å². The Hall–Kier alpha value is -3.09. The molecule has 3 aromatic rings. The van der Waals surface area contributed by atoms with Crippen molar-refractivity contribution < 1.29 is 13.9 Å². The second-order valence-corrected chi connectivity index (χ2v) is 6.41. The molecule has 1 unspecified atom stereocenters. The fourth-order valence-electron chi connectivity index (χ4n) is 3.07. The molecule has 1 amide bonds. The van der Waals surface area contributed by atoms with Crippen LogP contribution in [0.15, 0.2) is 39.8 Å². The maximum Gasteiger partial charge on any atom is 0.265 e. The average Bonchev–Trinajstić information content (AvgIpc) is 2.97. The number of methoxy groups -OCH3 is 1. The standard InChI is InChI=1S/C20H23N3O4/c1-5-16(18(24)21-10-14-7-6-8-15(9-14)26-4)23-11-22-19-17(20(23)25)12(2)13(3)27-19/h6-9,11,16H,5,10H2,1-4H3,(H,21,24). The molecule has 0 saturated heterocycles. The summed E-state index contributed by atoms with van der Waals surface area (Å²) >= 11 is 0. The summed E-state index contributed by atoms with van der Waals surface area (Å²) in [5, 5.41) is 3.31. The van der Waals surface area contributed by atoms with Crippen LogP contribution in [0.1, 0.15) is 36.3 Å². The number of rotatable bonds is 6. The molecule has 142 valence electrons. The summed E-state index contributed by atoms with van der Waals surface area (Å²) in [4.78, 5) is 29.8. The van der Waals surface area contributed by atoms with Gasteiger partial charge < -0.3 is 14.5 Å². The lowest BCUT2D eigenvalue weighted by atomic mass is 10.1. The molecule has 2 aromatic heterocycles. The summed E-state index contributed by atoms with van der Waals surface area (Å²) in [6, 6.07) is 6.83. The van der Waals surface area contributed by atoms with E-state index in [4.69, 9.17) is 9.15 Å². The maximum atomic E-state index is 12.9. The molecule has 0 saturated carbocycles. The number of amides is 1. The highest BCUT2D eigenvalue weighted by atomic mass is 16.5. The van der Waals surface area contributed by atoms with Gasteiger partial charge in [-0.2, -0.15) is 0 Å². The fraction of sp³-hybridized carbons (Fsp3) is 0.350. The lowest BCUT2D eigenvalue weighted by Crippen LogP contribution is -2.36. The largest absolute Gasteiger partial charge is 0.497 e. The van der Waals surface area contributed by atoms with Gasteiger partial charge in [0.25, 0.3) is 5.56 Å². The van der Waals surface area contributed by atoms with Crippen LogP contribution in [0.5, 0.6) is 5.75 Å². The van der Waals surface area contributed by atoms with E-state index >= 15 is 0 Å². The van der Waals surface area contributed by atoms with Gasteiger partial charge in [-0.3, -0.25) is 14.2 Å². The number of fused-ring (bicyclic) bond motifs is 1. The number of nitrogens with one attached hydrogen (secondary N) is 1. The smallest absolute Gasteiger partial charge is 0.265 e. The van der Waals surface area contributed by atoms with Crippen molar-refractivity contribution >= 4 is 17.0 Å². The quantitative estimate of drug-likeness (QED) is 0.722. The number of aromatic nitrogens is 2. The number of ether oxygens (including phenoxy) is 1.